The van der Waals surface area contributed by atoms with Gasteiger partial charge in [0.1, 0.15) is 10.7 Å². The van der Waals surface area contributed by atoms with Crippen molar-refractivity contribution in [2.75, 3.05) is 6.54 Å². The van der Waals surface area contributed by atoms with Crippen LogP contribution in [0.2, 0.25) is 5.02 Å². The number of hydrogen-bond acceptors (Lipinski definition) is 3. The number of nitrogens with two attached hydrogens (primary N) is 1. The summed E-state index contributed by atoms with van der Waals surface area (Å²) in [5.74, 6) is -1.38. The first-order valence-electron chi connectivity index (χ1n) is 12.5. The van der Waals surface area contributed by atoms with E-state index >= 15 is 0 Å². The summed E-state index contributed by atoms with van der Waals surface area (Å²) in [4.78, 5) is 12.0. The van der Waals surface area contributed by atoms with Crippen LogP contribution in [0.15, 0.2) is 77.7 Å². The van der Waals surface area contributed by atoms with E-state index in [-0.39, 0.29) is 46.7 Å². The highest BCUT2D eigenvalue weighted by Gasteiger charge is 2.35. The van der Waals surface area contributed by atoms with Crippen molar-refractivity contribution in [3.63, 3.8) is 0 Å². The second-order valence-electron chi connectivity index (χ2n) is 9.93. The van der Waals surface area contributed by atoms with E-state index in [0.717, 1.165) is 48.4 Å². The van der Waals surface area contributed by atoms with Gasteiger partial charge in [-0.25, -0.2) is 12.8 Å². The van der Waals surface area contributed by atoms with E-state index < -0.39 is 15.8 Å². The van der Waals surface area contributed by atoms with Crippen molar-refractivity contribution in [1.82, 2.24) is 4.31 Å². The SMILES string of the molecule is Cc1ccc(C(C(N)=O)C2CCC(CN(Cc3ccccc3)S(=O)(=O)c3ccc(Cl)cc3F)CC2)cc1. The lowest BCUT2D eigenvalue weighted by atomic mass is 9.73. The second kappa shape index (κ2) is 11.8. The number of amides is 1. The summed E-state index contributed by atoms with van der Waals surface area (Å²) in [7, 11) is -4.11. The summed E-state index contributed by atoms with van der Waals surface area (Å²) in [6, 6.07) is 20.8. The molecule has 3 aromatic rings. The third-order valence-electron chi connectivity index (χ3n) is 7.28. The first kappa shape index (κ1) is 27.3. The molecule has 0 saturated heterocycles. The number of carbonyl (C=O) groups is 1. The molecule has 3 aromatic carbocycles. The Labute approximate surface area is 223 Å². The molecule has 8 heteroatoms. The predicted octanol–water partition coefficient (Wildman–Crippen LogP) is 6.05. The van der Waals surface area contributed by atoms with E-state index in [0.29, 0.717) is 0 Å². The molecule has 1 fully saturated rings. The standard InChI is InChI=1S/C29H32ClFN2O3S/c1-20-7-11-23(12-8-20)28(29(32)34)24-13-9-22(10-14-24)19-33(18-21-5-3-2-4-6-21)37(35,36)27-16-15-25(30)17-26(27)31/h2-8,11-12,15-17,22,24,28H,9-10,13-14,18-19H2,1H3,(H2,32,34). The van der Waals surface area contributed by atoms with Crippen molar-refractivity contribution < 1.29 is 17.6 Å². The summed E-state index contributed by atoms with van der Waals surface area (Å²) in [6.45, 7) is 2.40. The van der Waals surface area contributed by atoms with Crippen LogP contribution in [0, 0.1) is 24.6 Å². The molecule has 1 unspecified atom stereocenters. The minimum Gasteiger partial charge on any atom is -0.369 e. The third kappa shape index (κ3) is 6.58. The third-order valence-corrected chi connectivity index (χ3v) is 9.36. The van der Waals surface area contributed by atoms with Gasteiger partial charge in [0.25, 0.3) is 0 Å². The Bertz CT molecular complexity index is 1330. The summed E-state index contributed by atoms with van der Waals surface area (Å²) in [5.41, 5.74) is 8.68. The van der Waals surface area contributed by atoms with Crippen LogP contribution in [0.5, 0.6) is 0 Å². The van der Waals surface area contributed by atoms with Crippen LogP contribution >= 0.6 is 11.6 Å². The van der Waals surface area contributed by atoms with E-state index in [4.69, 9.17) is 17.3 Å². The monoisotopic (exact) mass is 542 g/mol. The van der Waals surface area contributed by atoms with Gasteiger partial charge in [-0.05, 0) is 73.8 Å². The normalized spacial score (nSPS) is 19.0. The Morgan fingerprint density at radius 1 is 1.03 bits per heavy atom. The van der Waals surface area contributed by atoms with E-state index in [1.165, 1.54) is 16.4 Å². The van der Waals surface area contributed by atoms with Gasteiger partial charge in [-0.1, -0.05) is 71.8 Å². The van der Waals surface area contributed by atoms with Crippen molar-refractivity contribution >= 4 is 27.5 Å². The van der Waals surface area contributed by atoms with E-state index in [9.17, 15) is 17.6 Å². The van der Waals surface area contributed by atoms with E-state index in [1.807, 2.05) is 61.5 Å². The second-order valence-corrected chi connectivity index (χ2v) is 12.3. The zero-order valence-corrected chi connectivity index (χ0v) is 22.4. The van der Waals surface area contributed by atoms with E-state index in [1.54, 1.807) is 0 Å². The number of rotatable bonds is 9. The number of nitrogens with zero attached hydrogens (tertiary/aromatic N) is 1. The largest absolute Gasteiger partial charge is 0.369 e. The number of sulfonamides is 1. The van der Waals surface area contributed by atoms with Gasteiger partial charge in [0.05, 0.1) is 5.92 Å². The van der Waals surface area contributed by atoms with Gasteiger partial charge in [0, 0.05) is 18.1 Å². The summed E-state index contributed by atoms with van der Waals surface area (Å²) >= 11 is 5.86. The quantitative estimate of drug-likeness (QED) is 0.357. The van der Waals surface area contributed by atoms with Gasteiger partial charge in [0.15, 0.2) is 0 Å². The van der Waals surface area contributed by atoms with Crippen LogP contribution in [0.4, 0.5) is 4.39 Å². The van der Waals surface area contributed by atoms with Crippen molar-refractivity contribution in [2.24, 2.45) is 17.6 Å². The fourth-order valence-corrected chi connectivity index (χ4v) is 7.00. The topological polar surface area (TPSA) is 80.5 Å². The zero-order valence-electron chi connectivity index (χ0n) is 20.8. The molecule has 37 heavy (non-hydrogen) atoms. The summed E-state index contributed by atoms with van der Waals surface area (Å²) in [6.07, 6.45) is 3.04. The Balaban J connectivity index is 1.52. The van der Waals surface area contributed by atoms with Crippen LogP contribution in [0.3, 0.4) is 0 Å². The molecule has 1 saturated carbocycles. The molecule has 1 amide bonds. The molecule has 2 N–H and O–H groups in total. The van der Waals surface area contributed by atoms with Crippen molar-refractivity contribution in [1.29, 1.82) is 0 Å². The number of halogens is 2. The molecule has 196 valence electrons. The van der Waals surface area contributed by atoms with Crippen LogP contribution in [0.25, 0.3) is 0 Å². The molecule has 0 bridgehead atoms. The molecule has 1 aliphatic rings. The molecule has 0 aromatic heterocycles. The fourth-order valence-electron chi connectivity index (χ4n) is 5.29. The molecule has 0 aliphatic heterocycles. The van der Waals surface area contributed by atoms with Crippen molar-refractivity contribution in [2.45, 2.75) is 50.0 Å². The highest BCUT2D eigenvalue weighted by Crippen LogP contribution is 2.39. The lowest BCUT2D eigenvalue weighted by Crippen LogP contribution is -2.38. The predicted molar refractivity (Wildman–Crippen MR) is 144 cm³/mol. The van der Waals surface area contributed by atoms with Gasteiger partial charge in [-0.15, -0.1) is 0 Å². The minimum atomic E-state index is -4.11. The zero-order chi connectivity index (χ0) is 26.6. The Kier molecular flexibility index (Phi) is 8.67. The van der Waals surface area contributed by atoms with Gasteiger partial charge < -0.3 is 5.73 Å². The Hall–Kier alpha value is -2.74. The highest BCUT2D eigenvalue weighted by molar-refractivity contribution is 7.89. The maximum atomic E-state index is 14.7. The molecule has 0 heterocycles. The molecule has 5 nitrogen and oxygen atoms in total. The molecule has 0 radical (unpaired) electrons. The van der Waals surface area contributed by atoms with Crippen LogP contribution in [-0.4, -0.2) is 25.2 Å². The first-order chi connectivity index (χ1) is 17.6. The highest BCUT2D eigenvalue weighted by atomic mass is 35.5. The number of benzene rings is 3. The molecular weight excluding hydrogens is 511 g/mol. The van der Waals surface area contributed by atoms with Gasteiger partial charge in [-0.3, -0.25) is 4.79 Å². The minimum absolute atomic E-state index is 0.0802. The van der Waals surface area contributed by atoms with E-state index in [2.05, 4.69) is 0 Å². The maximum Gasteiger partial charge on any atom is 0.246 e. The summed E-state index contributed by atoms with van der Waals surface area (Å²) < 4.78 is 43.3. The van der Waals surface area contributed by atoms with Crippen molar-refractivity contribution in [3.8, 4) is 0 Å². The average molecular weight is 543 g/mol. The average Bonchev–Trinajstić information content (AvgIpc) is 2.86. The number of aryl methyl sites for hydroxylation is 1. The van der Waals surface area contributed by atoms with Gasteiger partial charge in [-0.2, -0.15) is 4.31 Å². The molecule has 1 aliphatic carbocycles. The maximum absolute atomic E-state index is 14.7. The fraction of sp³-hybridized carbons (Fsp3) is 0.345. The van der Waals surface area contributed by atoms with Gasteiger partial charge >= 0.3 is 0 Å². The smallest absolute Gasteiger partial charge is 0.246 e. The first-order valence-corrected chi connectivity index (χ1v) is 14.3. The Morgan fingerprint density at radius 2 is 1.68 bits per heavy atom. The number of primary amides is 1. The van der Waals surface area contributed by atoms with Gasteiger partial charge in [0.2, 0.25) is 15.9 Å². The lowest BCUT2D eigenvalue weighted by molar-refractivity contribution is -0.121. The molecule has 4 rings (SSSR count). The Morgan fingerprint density at radius 3 is 2.27 bits per heavy atom. The summed E-state index contributed by atoms with van der Waals surface area (Å²) in [5, 5.41) is 0.141. The van der Waals surface area contributed by atoms with Crippen LogP contribution in [0.1, 0.15) is 48.3 Å². The van der Waals surface area contributed by atoms with Crippen molar-refractivity contribution in [3.05, 3.63) is 100 Å². The number of hydrogen-bond donors (Lipinski definition) is 1. The number of carbonyl (C=O) groups excluding carboxylic acids is 1. The lowest BCUT2D eigenvalue weighted by Gasteiger charge is -2.35. The van der Waals surface area contributed by atoms with Crippen LogP contribution in [-0.2, 0) is 21.4 Å². The molecule has 0 spiro atoms. The molecule has 1 atom stereocenters. The van der Waals surface area contributed by atoms with Crippen LogP contribution < -0.4 is 5.73 Å². The molecular formula is C29H32ClFN2O3S.